The van der Waals surface area contributed by atoms with Crippen LogP contribution in [0.4, 0.5) is 18.9 Å². The second-order valence-corrected chi connectivity index (χ2v) is 4.74. The number of alkyl halides is 3. The summed E-state index contributed by atoms with van der Waals surface area (Å²) in [5, 5.41) is 8.87. The van der Waals surface area contributed by atoms with Crippen LogP contribution >= 0.6 is 0 Å². The first kappa shape index (κ1) is 15.0. The Morgan fingerprint density at radius 1 is 1.29 bits per heavy atom. The van der Waals surface area contributed by atoms with Crippen molar-refractivity contribution in [3.8, 4) is 0 Å². The molecule has 0 saturated carbocycles. The third kappa shape index (κ3) is 2.74. The van der Waals surface area contributed by atoms with Crippen LogP contribution in [0.15, 0.2) is 18.2 Å². The van der Waals surface area contributed by atoms with Gasteiger partial charge in [-0.1, -0.05) is 6.92 Å². The number of carboxylic acid groups (broad SMARTS) is 1. The Hall–Kier alpha value is -2.38. The fourth-order valence-corrected chi connectivity index (χ4v) is 2.08. The third-order valence-corrected chi connectivity index (χ3v) is 3.12. The Bertz CT molecular complexity index is 639. The van der Waals surface area contributed by atoms with E-state index in [0.29, 0.717) is 17.0 Å². The quantitative estimate of drug-likeness (QED) is 0.851. The van der Waals surface area contributed by atoms with Gasteiger partial charge in [-0.25, -0.2) is 4.79 Å². The highest BCUT2D eigenvalue weighted by Crippen LogP contribution is 2.35. The number of carbonyl (C=O) groups excluding carboxylic acids is 2. The topological polar surface area (TPSA) is 74.7 Å². The van der Waals surface area contributed by atoms with E-state index in [1.54, 1.807) is 0 Å². The van der Waals surface area contributed by atoms with E-state index in [9.17, 15) is 27.6 Å². The highest BCUT2D eigenvalue weighted by Gasteiger charge is 2.39. The zero-order valence-electron chi connectivity index (χ0n) is 10.8. The van der Waals surface area contributed by atoms with Gasteiger partial charge in [0.1, 0.15) is 0 Å². The maximum atomic E-state index is 12.8. The van der Waals surface area contributed by atoms with Gasteiger partial charge in [0.15, 0.2) is 0 Å². The SMILES string of the molecule is CC1CC(=O)N(c2cc(C(=O)O)cc(C(F)(F)F)c2)C1=O. The summed E-state index contributed by atoms with van der Waals surface area (Å²) in [5.74, 6) is -3.51. The van der Waals surface area contributed by atoms with Crippen LogP contribution in [0.1, 0.15) is 29.3 Å². The number of carbonyl (C=O) groups is 3. The van der Waals surface area contributed by atoms with Gasteiger partial charge in [-0.15, -0.1) is 0 Å². The molecule has 1 unspecified atom stereocenters. The number of benzene rings is 1. The number of anilines is 1. The van der Waals surface area contributed by atoms with Gasteiger partial charge in [0.05, 0.1) is 16.8 Å². The number of nitrogens with zero attached hydrogens (tertiary/aromatic N) is 1. The monoisotopic (exact) mass is 301 g/mol. The predicted molar refractivity (Wildman–Crippen MR) is 64.7 cm³/mol. The first-order valence-electron chi connectivity index (χ1n) is 5.93. The molecule has 5 nitrogen and oxygen atoms in total. The van der Waals surface area contributed by atoms with Gasteiger partial charge in [0, 0.05) is 12.3 Å². The van der Waals surface area contributed by atoms with E-state index in [1.807, 2.05) is 0 Å². The van der Waals surface area contributed by atoms with Crippen LogP contribution in [-0.4, -0.2) is 22.9 Å². The van der Waals surface area contributed by atoms with E-state index >= 15 is 0 Å². The number of hydrogen-bond donors (Lipinski definition) is 1. The van der Waals surface area contributed by atoms with Crippen molar-refractivity contribution < 1.29 is 32.7 Å². The minimum Gasteiger partial charge on any atom is -0.478 e. The van der Waals surface area contributed by atoms with Crippen LogP contribution < -0.4 is 4.90 Å². The number of carboxylic acids is 1. The summed E-state index contributed by atoms with van der Waals surface area (Å²) in [6.45, 7) is 1.48. The van der Waals surface area contributed by atoms with Crippen LogP contribution in [0.2, 0.25) is 0 Å². The lowest BCUT2D eigenvalue weighted by Crippen LogP contribution is -2.30. The van der Waals surface area contributed by atoms with E-state index < -0.39 is 41.0 Å². The Kier molecular flexibility index (Phi) is 3.48. The lowest BCUT2D eigenvalue weighted by molar-refractivity contribution is -0.137. The first-order valence-corrected chi connectivity index (χ1v) is 5.93. The average molecular weight is 301 g/mol. The number of hydrogen-bond acceptors (Lipinski definition) is 3. The van der Waals surface area contributed by atoms with E-state index in [2.05, 4.69) is 0 Å². The minimum absolute atomic E-state index is 0.114. The summed E-state index contributed by atoms with van der Waals surface area (Å²) >= 11 is 0. The fourth-order valence-electron chi connectivity index (χ4n) is 2.08. The molecule has 1 N–H and O–H groups in total. The number of amides is 2. The molecule has 0 aromatic heterocycles. The maximum absolute atomic E-state index is 12.8. The van der Waals surface area contributed by atoms with Crippen LogP contribution in [0.5, 0.6) is 0 Å². The summed E-state index contributed by atoms with van der Waals surface area (Å²) in [7, 11) is 0. The van der Waals surface area contributed by atoms with Crippen LogP contribution in [0.25, 0.3) is 0 Å². The molecule has 0 aliphatic carbocycles. The summed E-state index contributed by atoms with van der Waals surface area (Å²) in [6.07, 6.45) is -4.89. The Morgan fingerprint density at radius 2 is 1.90 bits per heavy atom. The second kappa shape index (κ2) is 4.87. The molecule has 21 heavy (non-hydrogen) atoms. The highest BCUT2D eigenvalue weighted by atomic mass is 19.4. The van der Waals surface area contributed by atoms with E-state index in [0.717, 1.165) is 6.07 Å². The average Bonchev–Trinajstić information content (AvgIpc) is 2.61. The number of rotatable bonds is 2. The van der Waals surface area contributed by atoms with Gasteiger partial charge in [-0.2, -0.15) is 13.2 Å². The zero-order chi connectivity index (χ0) is 15.9. The Balaban J connectivity index is 2.58. The maximum Gasteiger partial charge on any atom is 0.416 e. The van der Waals surface area contributed by atoms with Crippen LogP contribution in [0, 0.1) is 5.92 Å². The lowest BCUT2D eigenvalue weighted by Gasteiger charge is -2.17. The molecule has 1 aromatic carbocycles. The highest BCUT2D eigenvalue weighted by molar-refractivity contribution is 6.21. The molecule has 1 aliphatic rings. The molecule has 1 aromatic rings. The van der Waals surface area contributed by atoms with E-state index in [1.165, 1.54) is 6.92 Å². The van der Waals surface area contributed by atoms with Gasteiger partial charge in [-0.05, 0) is 18.2 Å². The molecule has 1 fully saturated rings. The minimum atomic E-state index is -4.78. The predicted octanol–water partition coefficient (Wildman–Crippen LogP) is 2.30. The first-order chi connectivity index (χ1) is 9.61. The molecule has 1 aliphatic heterocycles. The van der Waals surface area contributed by atoms with Gasteiger partial charge >= 0.3 is 12.1 Å². The zero-order valence-corrected chi connectivity index (χ0v) is 10.8. The molecule has 1 heterocycles. The van der Waals surface area contributed by atoms with E-state index in [4.69, 9.17) is 5.11 Å². The van der Waals surface area contributed by atoms with Crippen molar-refractivity contribution in [3.63, 3.8) is 0 Å². The van der Waals surface area contributed by atoms with E-state index in [-0.39, 0.29) is 12.1 Å². The van der Waals surface area contributed by atoms with Crippen molar-refractivity contribution >= 4 is 23.5 Å². The van der Waals surface area contributed by atoms with Gasteiger partial charge in [0.25, 0.3) is 0 Å². The molecular weight excluding hydrogens is 291 g/mol. The van der Waals surface area contributed by atoms with Crippen molar-refractivity contribution in [2.75, 3.05) is 4.90 Å². The standard InChI is InChI=1S/C13H10F3NO4/c1-6-2-10(18)17(11(6)19)9-4-7(12(20)21)3-8(5-9)13(14,15)16/h3-6H,2H2,1H3,(H,20,21). The smallest absolute Gasteiger partial charge is 0.416 e. The summed E-state index contributed by atoms with van der Waals surface area (Å²) in [5.41, 5.74) is -2.24. The summed E-state index contributed by atoms with van der Waals surface area (Å²) in [4.78, 5) is 35.1. The van der Waals surface area contributed by atoms with Gasteiger partial charge in [0.2, 0.25) is 11.8 Å². The molecule has 2 amide bonds. The third-order valence-electron chi connectivity index (χ3n) is 3.12. The normalized spacial score (nSPS) is 19.2. The summed E-state index contributed by atoms with van der Waals surface area (Å²) in [6, 6.07) is 1.94. The molecule has 112 valence electrons. The second-order valence-electron chi connectivity index (χ2n) is 4.74. The number of halogens is 3. The molecule has 0 radical (unpaired) electrons. The molecular formula is C13H10F3NO4. The van der Waals surface area contributed by atoms with Crippen LogP contribution in [-0.2, 0) is 15.8 Å². The van der Waals surface area contributed by atoms with Gasteiger partial charge in [-0.3, -0.25) is 14.5 Å². The Labute approximate surface area is 117 Å². The molecule has 1 atom stereocenters. The summed E-state index contributed by atoms with van der Waals surface area (Å²) < 4.78 is 38.4. The van der Waals surface area contributed by atoms with Crippen molar-refractivity contribution in [1.82, 2.24) is 0 Å². The van der Waals surface area contributed by atoms with Gasteiger partial charge < -0.3 is 5.11 Å². The molecule has 0 bridgehead atoms. The molecule has 2 rings (SSSR count). The lowest BCUT2D eigenvalue weighted by atomic mass is 10.1. The number of imide groups is 1. The van der Waals surface area contributed by atoms with Crippen molar-refractivity contribution in [2.45, 2.75) is 19.5 Å². The van der Waals surface area contributed by atoms with Crippen LogP contribution in [0.3, 0.4) is 0 Å². The fraction of sp³-hybridized carbons (Fsp3) is 0.308. The largest absolute Gasteiger partial charge is 0.478 e. The molecule has 8 heteroatoms. The molecule has 0 spiro atoms. The molecule has 1 saturated heterocycles. The van der Waals surface area contributed by atoms with Crippen molar-refractivity contribution in [3.05, 3.63) is 29.3 Å². The Morgan fingerprint density at radius 3 is 2.33 bits per heavy atom. The number of aromatic carboxylic acids is 1. The van der Waals surface area contributed by atoms with Crippen molar-refractivity contribution in [1.29, 1.82) is 0 Å². The van der Waals surface area contributed by atoms with Crippen molar-refractivity contribution in [2.24, 2.45) is 5.92 Å².